The van der Waals surface area contributed by atoms with E-state index in [4.69, 9.17) is 9.47 Å². The normalized spacial score (nSPS) is 37.0. The van der Waals surface area contributed by atoms with Crippen LogP contribution in [0.25, 0.3) is 0 Å². The van der Waals surface area contributed by atoms with Gasteiger partial charge in [0.05, 0.1) is 6.10 Å². The third-order valence-electron chi connectivity index (χ3n) is 2.84. The molecule has 2 aliphatic carbocycles. The van der Waals surface area contributed by atoms with Crippen LogP contribution in [0.2, 0.25) is 0 Å². The summed E-state index contributed by atoms with van der Waals surface area (Å²) in [7, 11) is 1.60. The zero-order valence-electron chi connectivity index (χ0n) is 7.73. The van der Waals surface area contributed by atoms with E-state index in [1.807, 2.05) is 6.08 Å². The second kappa shape index (κ2) is 3.60. The highest BCUT2D eigenvalue weighted by Gasteiger charge is 2.39. The van der Waals surface area contributed by atoms with Gasteiger partial charge in [-0.05, 0) is 24.8 Å². The summed E-state index contributed by atoms with van der Waals surface area (Å²) in [5.41, 5.74) is 0. The average molecular weight is 182 g/mol. The van der Waals surface area contributed by atoms with Crippen LogP contribution in [0.4, 0.5) is 0 Å². The first-order valence-electron chi connectivity index (χ1n) is 4.64. The highest BCUT2D eigenvalue weighted by Crippen LogP contribution is 2.38. The van der Waals surface area contributed by atoms with Crippen molar-refractivity contribution in [1.29, 1.82) is 0 Å². The van der Waals surface area contributed by atoms with E-state index < -0.39 is 0 Å². The van der Waals surface area contributed by atoms with Crippen molar-refractivity contribution in [3.05, 3.63) is 12.2 Å². The van der Waals surface area contributed by atoms with Gasteiger partial charge in [-0.25, -0.2) is 0 Å². The zero-order valence-corrected chi connectivity index (χ0v) is 7.73. The first-order valence-corrected chi connectivity index (χ1v) is 4.64. The van der Waals surface area contributed by atoms with Crippen molar-refractivity contribution >= 4 is 5.78 Å². The molecule has 3 nitrogen and oxygen atoms in total. The molecule has 0 aromatic rings. The van der Waals surface area contributed by atoms with Gasteiger partial charge in [0, 0.05) is 13.0 Å². The number of hydrogen-bond acceptors (Lipinski definition) is 3. The standard InChI is InChI=1S/C10H14O3/c1-12-6-13-10-5-7-2-3-9(11)8(10)4-7/h2-3,7-8,10H,4-6H2,1H3/t7-,8-,10-/m0/s1. The van der Waals surface area contributed by atoms with Crippen molar-refractivity contribution in [3.63, 3.8) is 0 Å². The molecule has 0 N–H and O–H groups in total. The minimum atomic E-state index is 0.0763. The fourth-order valence-corrected chi connectivity index (χ4v) is 2.19. The average Bonchev–Trinajstić information content (AvgIpc) is 2.48. The lowest BCUT2D eigenvalue weighted by Crippen LogP contribution is -2.25. The van der Waals surface area contributed by atoms with Crippen molar-refractivity contribution < 1.29 is 14.3 Å². The Morgan fingerprint density at radius 2 is 2.38 bits per heavy atom. The first-order chi connectivity index (χ1) is 6.31. The molecule has 3 atom stereocenters. The van der Waals surface area contributed by atoms with Crippen LogP contribution in [0.15, 0.2) is 12.2 Å². The van der Waals surface area contributed by atoms with Crippen LogP contribution < -0.4 is 0 Å². The number of ether oxygens (including phenoxy) is 2. The van der Waals surface area contributed by atoms with Crippen molar-refractivity contribution in [2.75, 3.05) is 13.9 Å². The predicted molar refractivity (Wildman–Crippen MR) is 47.1 cm³/mol. The van der Waals surface area contributed by atoms with Crippen molar-refractivity contribution in [2.45, 2.75) is 18.9 Å². The molecule has 0 amide bonds. The maximum atomic E-state index is 11.4. The van der Waals surface area contributed by atoms with Gasteiger partial charge < -0.3 is 9.47 Å². The molecule has 2 aliphatic rings. The fourth-order valence-electron chi connectivity index (χ4n) is 2.19. The van der Waals surface area contributed by atoms with Gasteiger partial charge in [0.25, 0.3) is 0 Å². The molecule has 2 bridgehead atoms. The minimum absolute atomic E-state index is 0.0763. The Balaban J connectivity index is 1.98. The largest absolute Gasteiger partial charge is 0.359 e. The quantitative estimate of drug-likeness (QED) is 0.614. The van der Waals surface area contributed by atoms with Crippen LogP contribution in [0.1, 0.15) is 12.8 Å². The molecule has 1 saturated carbocycles. The Kier molecular flexibility index (Phi) is 2.47. The molecular formula is C10H14O3. The Labute approximate surface area is 77.7 Å². The van der Waals surface area contributed by atoms with E-state index in [9.17, 15) is 4.79 Å². The number of ketones is 1. The number of carbonyl (C=O) groups excluding carboxylic acids is 1. The Morgan fingerprint density at radius 3 is 3.15 bits per heavy atom. The lowest BCUT2D eigenvalue weighted by atomic mass is 9.94. The Hall–Kier alpha value is -0.670. The molecule has 72 valence electrons. The summed E-state index contributed by atoms with van der Waals surface area (Å²) in [5, 5.41) is 0. The highest BCUT2D eigenvalue weighted by atomic mass is 16.7. The summed E-state index contributed by atoms with van der Waals surface area (Å²) in [5.74, 6) is 0.851. The van der Waals surface area contributed by atoms with Crippen LogP contribution in [-0.4, -0.2) is 25.8 Å². The third-order valence-corrected chi connectivity index (χ3v) is 2.84. The summed E-state index contributed by atoms with van der Waals surface area (Å²) >= 11 is 0. The number of allylic oxidation sites excluding steroid dienone is 2. The van der Waals surface area contributed by atoms with Gasteiger partial charge in [-0.1, -0.05) is 6.08 Å². The maximum Gasteiger partial charge on any atom is 0.161 e. The summed E-state index contributed by atoms with van der Waals surface area (Å²) in [4.78, 5) is 11.4. The smallest absolute Gasteiger partial charge is 0.161 e. The third kappa shape index (κ3) is 1.67. The number of methoxy groups -OCH3 is 1. The molecule has 0 aliphatic heterocycles. The maximum absolute atomic E-state index is 11.4. The number of fused-ring (bicyclic) bond motifs is 2. The van der Waals surface area contributed by atoms with Crippen LogP contribution >= 0.6 is 0 Å². The monoisotopic (exact) mass is 182 g/mol. The molecule has 2 rings (SSSR count). The summed E-state index contributed by atoms with van der Waals surface area (Å²) < 4.78 is 10.3. The Bertz CT molecular complexity index is 234. The summed E-state index contributed by atoms with van der Waals surface area (Å²) in [6, 6.07) is 0. The predicted octanol–water partition coefficient (Wildman–Crippen LogP) is 1.14. The van der Waals surface area contributed by atoms with Crippen molar-refractivity contribution in [2.24, 2.45) is 11.8 Å². The summed E-state index contributed by atoms with van der Waals surface area (Å²) in [6.07, 6.45) is 5.72. The van der Waals surface area contributed by atoms with Gasteiger partial charge in [-0.3, -0.25) is 4.79 Å². The van der Waals surface area contributed by atoms with E-state index in [1.165, 1.54) is 0 Å². The topological polar surface area (TPSA) is 35.5 Å². The number of hydrogen-bond donors (Lipinski definition) is 0. The van der Waals surface area contributed by atoms with Gasteiger partial charge in [-0.2, -0.15) is 0 Å². The van der Waals surface area contributed by atoms with E-state index in [0.29, 0.717) is 12.7 Å². The van der Waals surface area contributed by atoms with Crippen molar-refractivity contribution in [3.8, 4) is 0 Å². The molecular weight excluding hydrogens is 168 g/mol. The van der Waals surface area contributed by atoms with Crippen molar-refractivity contribution in [1.82, 2.24) is 0 Å². The number of rotatable bonds is 3. The number of carbonyl (C=O) groups is 1. The van der Waals surface area contributed by atoms with E-state index in [0.717, 1.165) is 12.8 Å². The van der Waals surface area contributed by atoms with Crippen LogP contribution in [0, 0.1) is 11.8 Å². The molecule has 0 aromatic carbocycles. The molecule has 1 fully saturated rings. The Morgan fingerprint density at radius 1 is 1.54 bits per heavy atom. The van der Waals surface area contributed by atoms with E-state index in [1.54, 1.807) is 13.2 Å². The van der Waals surface area contributed by atoms with Crippen LogP contribution in [0.3, 0.4) is 0 Å². The molecule has 0 saturated heterocycles. The van der Waals surface area contributed by atoms with E-state index in [2.05, 4.69) is 0 Å². The van der Waals surface area contributed by atoms with Gasteiger partial charge in [0.15, 0.2) is 5.78 Å². The lowest BCUT2D eigenvalue weighted by molar-refractivity contribution is -0.127. The second-order valence-corrected chi connectivity index (χ2v) is 3.71. The molecule has 13 heavy (non-hydrogen) atoms. The minimum Gasteiger partial charge on any atom is -0.359 e. The lowest BCUT2D eigenvalue weighted by Gasteiger charge is -2.17. The van der Waals surface area contributed by atoms with Gasteiger partial charge in [0.2, 0.25) is 0 Å². The molecule has 3 heteroatoms. The van der Waals surface area contributed by atoms with E-state index >= 15 is 0 Å². The van der Waals surface area contributed by atoms with Crippen LogP contribution in [0.5, 0.6) is 0 Å². The van der Waals surface area contributed by atoms with Gasteiger partial charge >= 0.3 is 0 Å². The van der Waals surface area contributed by atoms with Gasteiger partial charge in [0.1, 0.15) is 6.79 Å². The van der Waals surface area contributed by atoms with Gasteiger partial charge in [-0.15, -0.1) is 0 Å². The molecule has 0 radical (unpaired) electrons. The second-order valence-electron chi connectivity index (χ2n) is 3.71. The first kappa shape index (κ1) is 8.91. The molecule has 0 spiro atoms. The van der Waals surface area contributed by atoms with Crippen LogP contribution in [-0.2, 0) is 14.3 Å². The molecule has 0 aromatic heterocycles. The van der Waals surface area contributed by atoms with E-state index in [-0.39, 0.29) is 17.8 Å². The SMILES string of the molecule is COCO[C@H]1C[C@H]2C=CC(=O)[C@@H]1C2. The highest BCUT2D eigenvalue weighted by molar-refractivity contribution is 5.93. The summed E-state index contributed by atoms with van der Waals surface area (Å²) in [6.45, 7) is 0.293. The fraction of sp³-hybridized carbons (Fsp3) is 0.700. The molecule has 0 unspecified atom stereocenters. The molecule has 0 heterocycles. The zero-order chi connectivity index (χ0) is 9.26.